The molecule has 1 heterocycles. The van der Waals surface area contributed by atoms with Crippen molar-refractivity contribution in [3.05, 3.63) is 41.6 Å². The summed E-state index contributed by atoms with van der Waals surface area (Å²) in [6, 6.07) is 6.18. The molecule has 5 nitrogen and oxygen atoms in total. The van der Waals surface area contributed by atoms with Gasteiger partial charge in [-0.15, -0.1) is 0 Å². The van der Waals surface area contributed by atoms with Crippen molar-refractivity contribution >= 4 is 5.91 Å². The fourth-order valence-electron chi connectivity index (χ4n) is 2.17. The van der Waals surface area contributed by atoms with Crippen molar-refractivity contribution in [2.75, 3.05) is 7.11 Å². The van der Waals surface area contributed by atoms with Crippen LogP contribution in [0.25, 0.3) is 0 Å². The number of carbonyl (C=O) groups excluding carboxylic acids is 1. The number of nitrogens with one attached hydrogen (secondary N) is 1. The summed E-state index contributed by atoms with van der Waals surface area (Å²) >= 11 is 0. The van der Waals surface area contributed by atoms with Gasteiger partial charge >= 0.3 is 0 Å². The van der Waals surface area contributed by atoms with Gasteiger partial charge in [-0.2, -0.15) is 8.78 Å². The van der Waals surface area contributed by atoms with Crippen molar-refractivity contribution in [3.8, 4) is 5.75 Å². The first-order valence-corrected chi connectivity index (χ1v) is 6.55. The van der Waals surface area contributed by atoms with Gasteiger partial charge in [-0.05, 0) is 17.7 Å². The predicted octanol–water partition coefficient (Wildman–Crippen LogP) is 2.04. The Morgan fingerprint density at radius 2 is 2.00 bits per heavy atom. The molecule has 0 aromatic heterocycles. The maximum Gasteiger partial charge on any atom is 0.291 e. The zero-order valence-electron chi connectivity index (χ0n) is 12.0. The third-order valence-electron chi connectivity index (χ3n) is 3.41. The molecule has 23 heavy (non-hydrogen) atoms. The molecular weight excluding hydrogens is 320 g/mol. The number of hydrogen-bond acceptors (Lipinski definition) is 4. The molecule has 1 aliphatic heterocycles. The Labute approximate surface area is 129 Å². The first-order valence-electron chi connectivity index (χ1n) is 6.55. The van der Waals surface area contributed by atoms with Crippen LogP contribution in [0.4, 0.5) is 17.6 Å². The number of ether oxygens (including phenoxy) is 1. The Balaban J connectivity index is 2.20. The van der Waals surface area contributed by atoms with Crippen LogP contribution >= 0.6 is 0 Å². The lowest BCUT2D eigenvalue weighted by molar-refractivity contribution is -0.195. The fraction of sp³-hybridized carbons (Fsp3) is 0.357. The molecule has 2 N–H and O–H groups in total. The zero-order chi connectivity index (χ0) is 17.2. The van der Waals surface area contributed by atoms with E-state index in [1.165, 1.54) is 19.2 Å². The molecule has 1 fully saturated rings. The van der Waals surface area contributed by atoms with Gasteiger partial charge in [-0.1, -0.05) is 12.1 Å². The first kappa shape index (κ1) is 17.1. The van der Waals surface area contributed by atoms with Gasteiger partial charge in [0.1, 0.15) is 11.4 Å². The van der Waals surface area contributed by atoms with Crippen LogP contribution in [0, 0.1) is 0 Å². The second kappa shape index (κ2) is 6.45. The third kappa shape index (κ3) is 3.39. The van der Waals surface area contributed by atoms with Crippen molar-refractivity contribution in [1.82, 2.24) is 10.4 Å². The number of hydrogen-bond donors (Lipinski definition) is 2. The highest BCUT2D eigenvalue weighted by Crippen LogP contribution is 2.34. The molecular formula is C14H14F4N2O3. The smallest absolute Gasteiger partial charge is 0.291 e. The van der Waals surface area contributed by atoms with Crippen molar-refractivity contribution in [1.29, 1.82) is 0 Å². The van der Waals surface area contributed by atoms with E-state index in [2.05, 4.69) is 0 Å². The van der Waals surface area contributed by atoms with Gasteiger partial charge in [0, 0.05) is 0 Å². The molecule has 126 valence electrons. The molecule has 0 saturated carbocycles. The van der Waals surface area contributed by atoms with Crippen LogP contribution in [0.1, 0.15) is 12.0 Å². The summed E-state index contributed by atoms with van der Waals surface area (Å²) in [5, 5.41) is 10.0. The van der Waals surface area contributed by atoms with E-state index < -0.39 is 36.3 Å². The molecule has 1 saturated heterocycles. The molecule has 1 unspecified atom stereocenters. The molecule has 1 aliphatic rings. The maximum absolute atomic E-state index is 13.0. The Kier molecular flexibility index (Phi) is 4.79. The summed E-state index contributed by atoms with van der Waals surface area (Å²) in [5.41, 5.74) is -1.60. The molecule has 1 aromatic carbocycles. The summed E-state index contributed by atoms with van der Waals surface area (Å²) in [4.78, 5) is 12.1. The highest BCUT2D eigenvalue weighted by Gasteiger charge is 2.53. The quantitative estimate of drug-likeness (QED) is 0.827. The van der Waals surface area contributed by atoms with Gasteiger partial charge in [0.25, 0.3) is 12.5 Å². The number of amides is 1. The number of halogens is 4. The van der Waals surface area contributed by atoms with E-state index in [4.69, 9.17) is 4.74 Å². The highest BCUT2D eigenvalue weighted by atomic mass is 19.3. The van der Waals surface area contributed by atoms with Crippen LogP contribution in [0.2, 0.25) is 0 Å². The Morgan fingerprint density at radius 3 is 2.48 bits per heavy atom. The average Bonchev–Trinajstić information content (AvgIpc) is 2.88. The molecule has 0 aliphatic carbocycles. The predicted molar refractivity (Wildman–Crippen MR) is 71.5 cm³/mol. The lowest BCUT2D eigenvalue weighted by atomic mass is 10.1. The fourth-order valence-corrected chi connectivity index (χ4v) is 2.17. The van der Waals surface area contributed by atoms with Crippen LogP contribution in [0.15, 0.2) is 36.0 Å². The highest BCUT2D eigenvalue weighted by molar-refractivity contribution is 5.79. The van der Waals surface area contributed by atoms with Crippen molar-refractivity contribution in [3.63, 3.8) is 0 Å². The number of carbonyl (C=O) groups is 1. The lowest BCUT2D eigenvalue weighted by Gasteiger charge is -2.31. The van der Waals surface area contributed by atoms with E-state index in [0.717, 1.165) is 0 Å². The van der Waals surface area contributed by atoms with Crippen LogP contribution < -0.4 is 10.2 Å². The van der Waals surface area contributed by atoms with Gasteiger partial charge in [0.05, 0.1) is 20.0 Å². The monoisotopic (exact) mass is 334 g/mol. The van der Waals surface area contributed by atoms with E-state index in [1.54, 1.807) is 12.1 Å². The molecule has 2 rings (SSSR count). The Morgan fingerprint density at radius 1 is 1.39 bits per heavy atom. The van der Waals surface area contributed by atoms with Crippen molar-refractivity contribution < 1.29 is 32.2 Å². The summed E-state index contributed by atoms with van der Waals surface area (Å²) in [6.45, 7) is 0. The second-order valence-corrected chi connectivity index (χ2v) is 4.96. The normalized spacial score (nSPS) is 20.7. The van der Waals surface area contributed by atoms with E-state index in [1.807, 2.05) is 5.43 Å². The Hall–Kier alpha value is -2.29. The number of nitrogens with zero attached hydrogens (tertiary/aromatic N) is 1. The van der Waals surface area contributed by atoms with Gasteiger partial charge in [-0.25, -0.2) is 13.8 Å². The minimum Gasteiger partial charge on any atom is -0.497 e. The van der Waals surface area contributed by atoms with E-state index in [-0.39, 0.29) is 11.4 Å². The van der Waals surface area contributed by atoms with Gasteiger partial charge in [-0.3, -0.25) is 10.2 Å². The van der Waals surface area contributed by atoms with E-state index in [9.17, 15) is 27.5 Å². The third-order valence-corrected chi connectivity index (χ3v) is 3.41. The molecule has 0 radical (unpaired) electrons. The first-order chi connectivity index (χ1) is 10.8. The van der Waals surface area contributed by atoms with Crippen LogP contribution in [-0.2, 0) is 11.2 Å². The number of methoxy groups -OCH3 is 1. The van der Waals surface area contributed by atoms with E-state index >= 15 is 0 Å². The molecule has 1 amide bonds. The number of hydrazine groups is 1. The van der Waals surface area contributed by atoms with Crippen molar-refractivity contribution in [2.45, 2.75) is 25.0 Å². The standard InChI is InChI=1S/C14H14F4N2O3/c1-23-9-4-2-8(3-5-9)6-11(21)20-14(22,13(17)18)7-10(19-20)12(15)16/h2-5,13,19,22H,6-7H2,1H3. The van der Waals surface area contributed by atoms with Gasteiger partial charge < -0.3 is 9.84 Å². The molecule has 0 bridgehead atoms. The number of benzene rings is 1. The molecule has 1 aromatic rings. The summed E-state index contributed by atoms with van der Waals surface area (Å²) in [5.74, 6) is -0.427. The van der Waals surface area contributed by atoms with Crippen molar-refractivity contribution in [2.24, 2.45) is 0 Å². The lowest BCUT2D eigenvalue weighted by Crippen LogP contribution is -2.56. The van der Waals surface area contributed by atoms with Gasteiger partial charge in [0.15, 0.2) is 0 Å². The summed E-state index contributed by atoms with van der Waals surface area (Å²) in [6.07, 6.45) is -7.09. The SMILES string of the molecule is COc1ccc(CC(=O)N2NC(=C(F)F)CC2(O)C(F)F)cc1. The van der Waals surface area contributed by atoms with Crippen LogP contribution in [-0.4, -0.2) is 35.3 Å². The molecule has 1 atom stereocenters. The average molecular weight is 334 g/mol. The van der Waals surface area contributed by atoms with Crippen LogP contribution in [0.3, 0.4) is 0 Å². The minimum absolute atomic E-state index is 0.163. The summed E-state index contributed by atoms with van der Waals surface area (Å²) in [7, 11) is 1.45. The maximum atomic E-state index is 13.0. The Bertz CT molecular complexity index is 617. The van der Waals surface area contributed by atoms with E-state index in [0.29, 0.717) is 11.3 Å². The van der Waals surface area contributed by atoms with Crippen LogP contribution in [0.5, 0.6) is 5.75 Å². The number of rotatable bonds is 4. The second-order valence-electron chi connectivity index (χ2n) is 4.96. The molecule has 0 spiro atoms. The minimum atomic E-state index is -3.41. The largest absolute Gasteiger partial charge is 0.497 e. The number of alkyl halides is 2. The molecule has 9 heteroatoms. The van der Waals surface area contributed by atoms with Gasteiger partial charge in [0.2, 0.25) is 11.6 Å². The topological polar surface area (TPSA) is 61.8 Å². The number of aliphatic hydroxyl groups is 1. The summed E-state index contributed by atoms with van der Waals surface area (Å²) < 4.78 is 56.2. The zero-order valence-corrected chi connectivity index (χ0v) is 12.0.